The molecule has 4 unspecified atom stereocenters. The summed E-state index contributed by atoms with van der Waals surface area (Å²) in [5.74, 6) is 2.70. The van der Waals surface area contributed by atoms with Crippen LogP contribution in [0.25, 0.3) is 0 Å². The third-order valence-electron chi connectivity index (χ3n) is 6.10. The van der Waals surface area contributed by atoms with Crippen LogP contribution in [0.2, 0.25) is 0 Å². The molecular weight excluding hydrogens is 244 g/mol. The molecule has 2 nitrogen and oxygen atoms in total. The molecule has 0 radical (unpaired) electrons. The lowest BCUT2D eigenvalue weighted by Gasteiger charge is -2.43. The van der Waals surface area contributed by atoms with Crippen LogP contribution in [0.4, 0.5) is 0 Å². The van der Waals surface area contributed by atoms with E-state index in [-0.39, 0.29) is 0 Å². The Morgan fingerprint density at radius 2 is 1.80 bits per heavy atom. The number of nitrogens with zero attached hydrogens (tertiary/aromatic N) is 1. The molecule has 2 aliphatic rings. The highest BCUT2D eigenvalue weighted by atomic mass is 15.1. The Morgan fingerprint density at radius 3 is 2.30 bits per heavy atom. The molecule has 0 saturated heterocycles. The molecule has 20 heavy (non-hydrogen) atoms. The van der Waals surface area contributed by atoms with E-state index in [0.717, 1.165) is 29.8 Å². The topological polar surface area (TPSA) is 15.3 Å². The molecule has 0 heterocycles. The molecule has 0 aromatic heterocycles. The molecule has 0 aromatic carbocycles. The van der Waals surface area contributed by atoms with Gasteiger partial charge in [0.2, 0.25) is 0 Å². The summed E-state index contributed by atoms with van der Waals surface area (Å²) in [6.45, 7) is 11.0. The summed E-state index contributed by atoms with van der Waals surface area (Å²) in [4.78, 5) is 2.64. The lowest BCUT2D eigenvalue weighted by atomic mass is 9.67. The van der Waals surface area contributed by atoms with Gasteiger partial charge >= 0.3 is 0 Å². The molecule has 0 aliphatic heterocycles. The number of rotatable bonds is 5. The van der Waals surface area contributed by atoms with Crippen molar-refractivity contribution in [3.63, 3.8) is 0 Å². The smallest absolute Gasteiger partial charge is 0.0105 e. The largest absolute Gasteiger partial charge is 0.317 e. The minimum absolute atomic E-state index is 0.470. The summed E-state index contributed by atoms with van der Waals surface area (Å²) in [6, 6.07) is 1.50. The SMILES string of the molecule is CNC1CCC(C(C)(C)C)CC1CN(C)C(C)C1CC1. The van der Waals surface area contributed by atoms with Crippen molar-refractivity contribution in [2.75, 3.05) is 20.6 Å². The zero-order chi connectivity index (χ0) is 14.9. The maximum Gasteiger partial charge on any atom is 0.0105 e. The molecule has 118 valence electrons. The predicted molar refractivity (Wildman–Crippen MR) is 87.9 cm³/mol. The summed E-state index contributed by atoms with van der Waals surface area (Å²) >= 11 is 0. The Bertz CT molecular complexity index is 303. The van der Waals surface area contributed by atoms with Crippen molar-refractivity contribution in [1.82, 2.24) is 10.2 Å². The molecule has 2 aliphatic carbocycles. The van der Waals surface area contributed by atoms with Crippen LogP contribution in [-0.2, 0) is 0 Å². The monoisotopic (exact) mass is 280 g/mol. The van der Waals surface area contributed by atoms with Crippen LogP contribution in [-0.4, -0.2) is 37.6 Å². The van der Waals surface area contributed by atoms with E-state index >= 15 is 0 Å². The molecule has 0 aromatic rings. The van der Waals surface area contributed by atoms with Crippen LogP contribution in [0, 0.1) is 23.2 Å². The van der Waals surface area contributed by atoms with Gasteiger partial charge in [0.15, 0.2) is 0 Å². The first kappa shape index (κ1) is 16.3. The minimum Gasteiger partial charge on any atom is -0.317 e. The lowest BCUT2D eigenvalue weighted by Crippen LogP contribution is -2.47. The average molecular weight is 281 g/mol. The quantitative estimate of drug-likeness (QED) is 0.825. The molecule has 0 spiro atoms. The van der Waals surface area contributed by atoms with Crippen LogP contribution < -0.4 is 5.32 Å². The van der Waals surface area contributed by atoms with Gasteiger partial charge < -0.3 is 10.2 Å². The molecule has 2 saturated carbocycles. The van der Waals surface area contributed by atoms with Crippen molar-refractivity contribution in [2.45, 2.75) is 71.9 Å². The molecule has 2 rings (SSSR count). The van der Waals surface area contributed by atoms with Crippen LogP contribution in [0.5, 0.6) is 0 Å². The summed E-state index contributed by atoms with van der Waals surface area (Å²) in [5.41, 5.74) is 0.470. The van der Waals surface area contributed by atoms with Gasteiger partial charge in [-0.25, -0.2) is 0 Å². The zero-order valence-electron chi connectivity index (χ0n) is 14.6. The maximum absolute atomic E-state index is 3.59. The maximum atomic E-state index is 3.59. The second kappa shape index (κ2) is 6.36. The third kappa shape index (κ3) is 3.98. The van der Waals surface area contributed by atoms with Crippen LogP contribution in [0.1, 0.15) is 59.8 Å². The number of hydrogen-bond donors (Lipinski definition) is 1. The first-order chi connectivity index (χ1) is 9.32. The molecular formula is C18H36N2. The first-order valence-corrected chi connectivity index (χ1v) is 8.70. The van der Waals surface area contributed by atoms with Gasteiger partial charge in [0, 0.05) is 18.6 Å². The fourth-order valence-corrected chi connectivity index (χ4v) is 4.11. The van der Waals surface area contributed by atoms with E-state index in [9.17, 15) is 0 Å². The van der Waals surface area contributed by atoms with E-state index in [0.29, 0.717) is 5.41 Å². The van der Waals surface area contributed by atoms with Crippen molar-refractivity contribution in [2.24, 2.45) is 23.2 Å². The first-order valence-electron chi connectivity index (χ1n) is 8.70. The molecule has 0 amide bonds. The Hall–Kier alpha value is -0.0800. The van der Waals surface area contributed by atoms with Gasteiger partial charge in [-0.2, -0.15) is 0 Å². The minimum atomic E-state index is 0.470. The summed E-state index contributed by atoms with van der Waals surface area (Å²) in [6.07, 6.45) is 7.06. The normalized spacial score (nSPS) is 33.5. The van der Waals surface area contributed by atoms with Gasteiger partial charge in [-0.3, -0.25) is 0 Å². The summed E-state index contributed by atoms with van der Waals surface area (Å²) in [7, 11) is 4.50. The summed E-state index contributed by atoms with van der Waals surface area (Å²) < 4.78 is 0. The van der Waals surface area contributed by atoms with Crippen molar-refractivity contribution < 1.29 is 0 Å². The van der Waals surface area contributed by atoms with E-state index in [1.54, 1.807) is 0 Å². The number of hydrogen-bond acceptors (Lipinski definition) is 2. The predicted octanol–water partition coefficient (Wildman–Crippen LogP) is 3.77. The van der Waals surface area contributed by atoms with Crippen LogP contribution >= 0.6 is 0 Å². The van der Waals surface area contributed by atoms with Crippen LogP contribution in [0.3, 0.4) is 0 Å². The van der Waals surface area contributed by atoms with Crippen LogP contribution in [0.15, 0.2) is 0 Å². The fraction of sp³-hybridized carbons (Fsp3) is 1.00. The highest BCUT2D eigenvalue weighted by molar-refractivity contribution is 4.91. The van der Waals surface area contributed by atoms with E-state index < -0.39 is 0 Å². The summed E-state index contributed by atoms with van der Waals surface area (Å²) in [5, 5.41) is 3.59. The van der Waals surface area contributed by atoms with Gasteiger partial charge in [0.1, 0.15) is 0 Å². The van der Waals surface area contributed by atoms with Crippen molar-refractivity contribution in [3.8, 4) is 0 Å². The van der Waals surface area contributed by atoms with Crippen molar-refractivity contribution in [3.05, 3.63) is 0 Å². The second-order valence-corrected chi connectivity index (χ2v) is 8.55. The molecule has 2 heteroatoms. The Labute approximate surface area is 126 Å². The zero-order valence-corrected chi connectivity index (χ0v) is 14.6. The standard InChI is InChI=1S/C18H36N2/c1-13(14-7-8-14)20(6)12-15-11-16(18(2,3)4)9-10-17(15)19-5/h13-17,19H,7-12H2,1-6H3. The fourth-order valence-electron chi connectivity index (χ4n) is 4.11. The van der Waals surface area contributed by atoms with Gasteiger partial charge in [0.25, 0.3) is 0 Å². The molecule has 4 atom stereocenters. The van der Waals surface area contributed by atoms with Crippen molar-refractivity contribution >= 4 is 0 Å². The lowest BCUT2D eigenvalue weighted by molar-refractivity contribution is 0.0843. The van der Waals surface area contributed by atoms with Gasteiger partial charge in [-0.15, -0.1) is 0 Å². The highest BCUT2D eigenvalue weighted by Crippen LogP contribution is 2.41. The Morgan fingerprint density at radius 1 is 1.15 bits per heavy atom. The highest BCUT2D eigenvalue weighted by Gasteiger charge is 2.37. The Balaban J connectivity index is 1.94. The van der Waals surface area contributed by atoms with Crippen molar-refractivity contribution in [1.29, 1.82) is 0 Å². The Kier molecular flexibility index (Phi) is 5.18. The third-order valence-corrected chi connectivity index (χ3v) is 6.10. The average Bonchev–Trinajstić information content (AvgIpc) is 3.20. The van der Waals surface area contributed by atoms with E-state index in [1.807, 2.05) is 0 Å². The van der Waals surface area contributed by atoms with Gasteiger partial charge in [0.05, 0.1) is 0 Å². The van der Waals surface area contributed by atoms with Gasteiger partial charge in [-0.05, 0) is 76.3 Å². The number of nitrogens with one attached hydrogen (secondary N) is 1. The molecule has 0 bridgehead atoms. The molecule has 1 N–H and O–H groups in total. The van der Waals surface area contributed by atoms with E-state index in [2.05, 4.69) is 52.0 Å². The van der Waals surface area contributed by atoms with E-state index in [1.165, 1.54) is 38.6 Å². The second-order valence-electron chi connectivity index (χ2n) is 8.55. The van der Waals surface area contributed by atoms with Gasteiger partial charge in [-0.1, -0.05) is 20.8 Å². The van der Waals surface area contributed by atoms with E-state index in [4.69, 9.17) is 0 Å². The molecule has 2 fully saturated rings.